The zero-order valence-electron chi connectivity index (χ0n) is 21.7. The lowest BCUT2D eigenvalue weighted by Crippen LogP contribution is -2.44. The van der Waals surface area contributed by atoms with Crippen LogP contribution >= 0.6 is 0 Å². The number of anilines is 1. The van der Waals surface area contributed by atoms with Crippen molar-refractivity contribution in [2.24, 2.45) is 15.4 Å². The molecule has 4 aromatic carbocycles. The van der Waals surface area contributed by atoms with Gasteiger partial charge in [0.15, 0.2) is 12.1 Å². The maximum Gasteiger partial charge on any atom is 0.264 e. The Morgan fingerprint density at radius 2 is 1.63 bits per heavy atom. The lowest BCUT2D eigenvalue weighted by atomic mass is 9.97. The quantitative estimate of drug-likeness (QED) is 0.341. The highest BCUT2D eigenvalue weighted by molar-refractivity contribution is 6.25. The van der Waals surface area contributed by atoms with Crippen molar-refractivity contribution in [1.29, 1.82) is 0 Å². The molecule has 3 unspecified atom stereocenters. The first-order valence-electron chi connectivity index (χ1n) is 13.2. The summed E-state index contributed by atoms with van der Waals surface area (Å²) in [6, 6.07) is 26.5. The summed E-state index contributed by atoms with van der Waals surface area (Å²) in [7, 11) is 0. The topological polar surface area (TPSA) is 98.0 Å². The average Bonchev–Trinajstić information content (AvgIpc) is 3.68. The standard InChI is InChI=1S/C31H23FN6O3/c32-23-11-6-12-24(16-23)37-30(40)28-29(31(37)41)36(35-33-28)18-27(39)38-26(20-8-2-1-3-9-20)17-25(34-38)22-14-13-19-7-4-5-10-21(19)15-22/h1-16,26,28-29H,17-18H2. The minimum Gasteiger partial charge on any atom is -0.271 e. The van der Waals surface area contributed by atoms with Gasteiger partial charge in [0, 0.05) is 6.42 Å². The maximum absolute atomic E-state index is 13.8. The molecule has 0 radical (unpaired) electrons. The van der Waals surface area contributed by atoms with Gasteiger partial charge in [0.2, 0.25) is 0 Å². The molecule has 3 aliphatic heterocycles. The Balaban J connectivity index is 1.17. The predicted octanol–water partition coefficient (Wildman–Crippen LogP) is 4.65. The van der Waals surface area contributed by atoms with Crippen LogP contribution in [0.2, 0.25) is 0 Å². The van der Waals surface area contributed by atoms with Crippen LogP contribution in [-0.2, 0) is 14.4 Å². The van der Waals surface area contributed by atoms with E-state index in [-0.39, 0.29) is 18.3 Å². The Bertz CT molecular complexity index is 1770. The van der Waals surface area contributed by atoms with Crippen molar-refractivity contribution in [3.8, 4) is 0 Å². The molecule has 3 amide bonds. The van der Waals surface area contributed by atoms with Crippen LogP contribution in [0, 0.1) is 5.82 Å². The molecule has 0 N–H and O–H groups in total. The van der Waals surface area contributed by atoms with Crippen LogP contribution < -0.4 is 4.90 Å². The largest absolute Gasteiger partial charge is 0.271 e. The Morgan fingerprint density at radius 1 is 0.854 bits per heavy atom. The second-order valence-corrected chi connectivity index (χ2v) is 10.2. The van der Waals surface area contributed by atoms with Crippen LogP contribution in [0.1, 0.15) is 23.6 Å². The molecule has 0 spiro atoms. The average molecular weight is 547 g/mol. The van der Waals surface area contributed by atoms with Crippen molar-refractivity contribution < 1.29 is 18.8 Å². The monoisotopic (exact) mass is 546 g/mol. The number of amides is 3. The van der Waals surface area contributed by atoms with Crippen molar-refractivity contribution in [3.63, 3.8) is 0 Å². The van der Waals surface area contributed by atoms with Gasteiger partial charge < -0.3 is 0 Å². The Morgan fingerprint density at radius 3 is 2.44 bits per heavy atom. The summed E-state index contributed by atoms with van der Waals surface area (Å²) >= 11 is 0. The molecule has 4 aromatic rings. The molecule has 0 aromatic heterocycles. The first-order chi connectivity index (χ1) is 20.0. The van der Waals surface area contributed by atoms with Crippen molar-refractivity contribution in [2.45, 2.75) is 24.5 Å². The Kier molecular flexibility index (Phi) is 5.88. The molecule has 3 atom stereocenters. The minimum atomic E-state index is -1.10. The van der Waals surface area contributed by atoms with E-state index >= 15 is 0 Å². The number of nitrogens with zero attached hydrogens (tertiary/aromatic N) is 6. The van der Waals surface area contributed by atoms with E-state index in [1.165, 1.54) is 28.2 Å². The van der Waals surface area contributed by atoms with Crippen LogP contribution in [0.4, 0.5) is 10.1 Å². The molecule has 3 aliphatic rings. The first kappa shape index (κ1) is 24.8. The number of hydrazone groups is 1. The van der Waals surface area contributed by atoms with Crippen molar-refractivity contribution in [1.82, 2.24) is 10.0 Å². The lowest BCUT2D eigenvalue weighted by Gasteiger charge is -2.25. The van der Waals surface area contributed by atoms with Gasteiger partial charge in [-0.15, -0.1) is 0 Å². The summed E-state index contributed by atoms with van der Waals surface area (Å²) in [5.41, 5.74) is 2.72. The summed E-state index contributed by atoms with van der Waals surface area (Å²) in [6.45, 7) is -0.307. The van der Waals surface area contributed by atoms with E-state index in [2.05, 4.69) is 16.4 Å². The number of hydrogen-bond donors (Lipinski definition) is 0. The van der Waals surface area contributed by atoms with Crippen LogP contribution in [0.3, 0.4) is 0 Å². The Labute approximate surface area is 234 Å². The Hall–Kier alpha value is -5.25. The molecule has 7 rings (SSSR count). The number of carbonyl (C=O) groups excluding carboxylic acids is 3. The summed E-state index contributed by atoms with van der Waals surface area (Å²) in [5.74, 6) is -2.18. The number of benzene rings is 4. The number of fused-ring (bicyclic) bond motifs is 2. The van der Waals surface area contributed by atoms with Gasteiger partial charge in [0.1, 0.15) is 12.4 Å². The highest BCUT2D eigenvalue weighted by Gasteiger charge is 2.55. The molecular weight excluding hydrogens is 523 g/mol. The molecule has 41 heavy (non-hydrogen) atoms. The summed E-state index contributed by atoms with van der Waals surface area (Å²) in [6.07, 6.45) is 0.506. The van der Waals surface area contributed by atoms with Gasteiger partial charge in [-0.1, -0.05) is 78.0 Å². The molecule has 1 fully saturated rings. The van der Waals surface area contributed by atoms with Crippen LogP contribution in [0.5, 0.6) is 0 Å². The molecule has 0 saturated carbocycles. The van der Waals surface area contributed by atoms with Gasteiger partial charge >= 0.3 is 0 Å². The number of carbonyl (C=O) groups is 3. The number of hydrogen-bond acceptors (Lipinski definition) is 7. The summed E-state index contributed by atoms with van der Waals surface area (Å²) < 4.78 is 13.8. The van der Waals surface area contributed by atoms with Crippen LogP contribution in [0.15, 0.2) is 113 Å². The molecule has 1 saturated heterocycles. The normalized spacial score (nSPS) is 21.6. The molecule has 0 bridgehead atoms. The van der Waals surface area contributed by atoms with E-state index in [0.29, 0.717) is 6.42 Å². The molecule has 3 heterocycles. The highest BCUT2D eigenvalue weighted by atomic mass is 19.1. The predicted molar refractivity (Wildman–Crippen MR) is 149 cm³/mol. The fourth-order valence-electron chi connectivity index (χ4n) is 5.65. The molecule has 0 aliphatic carbocycles. The van der Waals surface area contributed by atoms with Crippen molar-refractivity contribution in [2.75, 3.05) is 11.4 Å². The fraction of sp³-hybridized carbons (Fsp3) is 0.161. The zero-order valence-corrected chi connectivity index (χ0v) is 21.7. The number of rotatable bonds is 5. The second-order valence-electron chi connectivity index (χ2n) is 10.2. The first-order valence-corrected chi connectivity index (χ1v) is 13.2. The lowest BCUT2D eigenvalue weighted by molar-refractivity contribution is -0.135. The van der Waals surface area contributed by atoms with E-state index in [1.54, 1.807) is 0 Å². The van der Waals surface area contributed by atoms with Gasteiger partial charge in [-0.2, -0.15) is 10.2 Å². The van der Waals surface area contributed by atoms with Crippen LogP contribution in [0.25, 0.3) is 10.8 Å². The highest BCUT2D eigenvalue weighted by Crippen LogP contribution is 2.35. The molecule has 9 nitrogen and oxygen atoms in total. The SMILES string of the molecule is O=C1C2N=NN(CC(=O)N3N=C(c4ccc5ccccc5c4)CC3c3ccccc3)C2C(=O)N1c1cccc(F)c1. The third kappa shape index (κ3) is 4.24. The smallest absolute Gasteiger partial charge is 0.264 e. The fourth-order valence-corrected chi connectivity index (χ4v) is 5.65. The number of imide groups is 1. The van der Waals surface area contributed by atoms with Gasteiger partial charge in [-0.25, -0.2) is 14.3 Å². The second kappa shape index (κ2) is 9.74. The third-order valence-electron chi connectivity index (χ3n) is 7.65. The van der Waals surface area contributed by atoms with E-state index < -0.39 is 35.6 Å². The van der Waals surface area contributed by atoms with E-state index in [4.69, 9.17) is 5.10 Å². The van der Waals surface area contributed by atoms with Gasteiger partial charge in [-0.05, 0) is 46.2 Å². The van der Waals surface area contributed by atoms with Crippen LogP contribution in [-0.4, -0.2) is 52.1 Å². The number of halogens is 1. The maximum atomic E-state index is 13.8. The minimum absolute atomic E-state index is 0.115. The molecule has 202 valence electrons. The molecule has 10 heteroatoms. The molecular formula is C31H23FN6O3. The summed E-state index contributed by atoms with van der Waals surface area (Å²) in [4.78, 5) is 41.0. The van der Waals surface area contributed by atoms with E-state index in [9.17, 15) is 18.8 Å². The van der Waals surface area contributed by atoms with Gasteiger partial charge in [-0.3, -0.25) is 19.4 Å². The van der Waals surface area contributed by atoms with Crippen molar-refractivity contribution >= 4 is 39.9 Å². The summed E-state index contributed by atoms with van der Waals surface area (Å²) in [5, 5.41) is 17.6. The van der Waals surface area contributed by atoms with Crippen molar-refractivity contribution in [3.05, 3.63) is 114 Å². The van der Waals surface area contributed by atoms with Gasteiger partial charge in [0.25, 0.3) is 17.7 Å². The van der Waals surface area contributed by atoms with E-state index in [1.807, 2.05) is 66.7 Å². The zero-order chi connectivity index (χ0) is 28.1. The van der Waals surface area contributed by atoms with E-state index in [0.717, 1.165) is 38.6 Å². The third-order valence-corrected chi connectivity index (χ3v) is 7.65. The van der Waals surface area contributed by atoms with Gasteiger partial charge in [0.05, 0.1) is 17.4 Å².